The van der Waals surface area contributed by atoms with E-state index in [2.05, 4.69) is 0 Å². The number of rotatable bonds is 3. The van der Waals surface area contributed by atoms with Gasteiger partial charge in [0, 0.05) is 38.9 Å². The van der Waals surface area contributed by atoms with Crippen LogP contribution < -0.4 is 10.6 Å². The molecule has 0 saturated carbocycles. The Morgan fingerprint density at radius 1 is 1.32 bits per heavy atom. The Hall–Kier alpha value is -1.11. The lowest BCUT2D eigenvalue weighted by atomic mass is 9.81. The fraction of sp³-hybridized carbons (Fsp3) is 0.625. The van der Waals surface area contributed by atoms with Crippen LogP contribution in [-0.2, 0) is 10.0 Å². The highest BCUT2D eigenvalue weighted by Gasteiger charge is 2.38. The van der Waals surface area contributed by atoms with E-state index in [1.807, 2.05) is 45.8 Å². The average Bonchev–Trinajstić information content (AvgIpc) is 2.41. The van der Waals surface area contributed by atoms with Crippen molar-refractivity contribution < 1.29 is 8.42 Å². The first-order valence-corrected chi connectivity index (χ1v) is 9.03. The van der Waals surface area contributed by atoms with E-state index in [1.165, 1.54) is 0 Å². The van der Waals surface area contributed by atoms with Gasteiger partial charge in [0.05, 0.1) is 4.90 Å². The molecular weight excluding hydrogens is 298 g/mol. The van der Waals surface area contributed by atoms with Gasteiger partial charge in [0.1, 0.15) is 0 Å². The summed E-state index contributed by atoms with van der Waals surface area (Å²) in [7, 11) is 0.359. The SMILES string of the molecule is Cc1ccc(S(=O)(=O)N2CCC(N)C(C)(C)C2)cc1N(C)C. The Bertz CT molecular complexity index is 653. The molecule has 0 amide bonds. The Labute approximate surface area is 134 Å². The van der Waals surface area contributed by atoms with Crippen LogP contribution in [0.3, 0.4) is 0 Å². The molecule has 0 spiro atoms. The van der Waals surface area contributed by atoms with Crippen molar-refractivity contribution in [3.8, 4) is 0 Å². The van der Waals surface area contributed by atoms with Crippen LogP contribution in [-0.4, -0.2) is 45.9 Å². The van der Waals surface area contributed by atoms with Gasteiger partial charge in [-0.05, 0) is 36.5 Å². The van der Waals surface area contributed by atoms with E-state index >= 15 is 0 Å². The summed E-state index contributed by atoms with van der Waals surface area (Å²) < 4.78 is 27.4. The van der Waals surface area contributed by atoms with E-state index in [0.29, 0.717) is 24.4 Å². The number of nitrogens with two attached hydrogens (primary N) is 1. The standard InChI is InChI=1S/C16H27N3O2S/c1-12-6-7-13(10-14(12)18(4)5)22(20,21)19-9-8-15(17)16(2,3)11-19/h6-7,10,15H,8-9,11,17H2,1-5H3. The lowest BCUT2D eigenvalue weighted by Gasteiger charge is -2.41. The molecule has 1 heterocycles. The summed E-state index contributed by atoms with van der Waals surface area (Å²) in [6, 6.07) is 5.35. The summed E-state index contributed by atoms with van der Waals surface area (Å²) in [6.45, 7) is 6.98. The largest absolute Gasteiger partial charge is 0.377 e. The summed E-state index contributed by atoms with van der Waals surface area (Å²) >= 11 is 0. The second kappa shape index (κ2) is 5.83. The fourth-order valence-electron chi connectivity index (χ4n) is 2.91. The van der Waals surface area contributed by atoms with Crippen LogP contribution in [0.2, 0.25) is 0 Å². The molecule has 0 radical (unpaired) electrons. The minimum Gasteiger partial charge on any atom is -0.377 e. The van der Waals surface area contributed by atoms with Crippen molar-refractivity contribution in [2.45, 2.75) is 38.1 Å². The molecule has 2 rings (SSSR count). The quantitative estimate of drug-likeness (QED) is 0.920. The zero-order chi connectivity index (χ0) is 16.7. The van der Waals surface area contributed by atoms with Crippen LogP contribution in [0, 0.1) is 12.3 Å². The Kier molecular flexibility index (Phi) is 4.57. The third-order valence-electron chi connectivity index (χ3n) is 4.58. The predicted octanol–water partition coefficient (Wildman–Crippen LogP) is 1.81. The van der Waals surface area contributed by atoms with Gasteiger partial charge in [-0.3, -0.25) is 0 Å². The summed E-state index contributed by atoms with van der Waals surface area (Å²) in [4.78, 5) is 2.29. The lowest BCUT2D eigenvalue weighted by Crippen LogP contribution is -2.53. The van der Waals surface area contributed by atoms with Crippen molar-refractivity contribution in [2.75, 3.05) is 32.1 Å². The highest BCUT2D eigenvalue weighted by atomic mass is 32.2. The van der Waals surface area contributed by atoms with E-state index in [4.69, 9.17) is 5.73 Å². The molecule has 2 N–H and O–H groups in total. The number of hydrogen-bond acceptors (Lipinski definition) is 4. The van der Waals surface area contributed by atoms with Gasteiger partial charge < -0.3 is 10.6 Å². The smallest absolute Gasteiger partial charge is 0.243 e. The fourth-order valence-corrected chi connectivity index (χ4v) is 4.56. The van der Waals surface area contributed by atoms with Gasteiger partial charge >= 0.3 is 0 Å². The van der Waals surface area contributed by atoms with E-state index in [1.54, 1.807) is 16.4 Å². The molecule has 5 nitrogen and oxygen atoms in total. The summed E-state index contributed by atoms with van der Waals surface area (Å²) in [5.41, 5.74) is 7.89. The minimum absolute atomic E-state index is 0.0364. The number of aryl methyl sites for hydroxylation is 1. The van der Waals surface area contributed by atoms with Crippen molar-refractivity contribution >= 4 is 15.7 Å². The predicted molar refractivity (Wildman–Crippen MR) is 90.6 cm³/mol. The maximum Gasteiger partial charge on any atom is 0.243 e. The molecule has 1 aromatic carbocycles. The zero-order valence-corrected chi connectivity index (χ0v) is 14.9. The van der Waals surface area contributed by atoms with Gasteiger partial charge in [-0.2, -0.15) is 4.31 Å². The third kappa shape index (κ3) is 3.14. The molecule has 1 aromatic rings. The molecule has 0 aliphatic carbocycles. The van der Waals surface area contributed by atoms with Crippen molar-refractivity contribution in [2.24, 2.45) is 11.1 Å². The van der Waals surface area contributed by atoms with E-state index in [0.717, 1.165) is 11.3 Å². The lowest BCUT2D eigenvalue weighted by molar-refractivity contribution is 0.155. The van der Waals surface area contributed by atoms with Gasteiger partial charge in [-0.25, -0.2) is 8.42 Å². The molecule has 1 unspecified atom stereocenters. The number of hydrogen-bond donors (Lipinski definition) is 1. The Morgan fingerprint density at radius 3 is 2.50 bits per heavy atom. The molecule has 0 aromatic heterocycles. The second-order valence-electron chi connectivity index (χ2n) is 7.07. The molecule has 6 heteroatoms. The van der Waals surface area contributed by atoms with Crippen molar-refractivity contribution in [3.63, 3.8) is 0 Å². The summed E-state index contributed by atoms with van der Waals surface area (Å²) in [6.07, 6.45) is 0.693. The molecule has 1 aliphatic heterocycles. The first-order chi connectivity index (χ1) is 10.1. The van der Waals surface area contributed by atoms with Crippen molar-refractivity contribution in [3.05, 3.63) is 23.8 Å². The topological polar surface area (TPSA) is 66.6 Å². The molecule has 1 saturated heterocycles. The van der Waals surface area contributed by atoms with Gasteiger partial charge in [-0.15, -0.1) is 0 Å². The second-order valence-corrected chi connectivity index (χ2v) is 9.00. The van der Waals surface area contributed by atoms with E-state index in [-0.39, 0.29) is 11.5 Å². The first-order valence-electron chi connectivity index (χ1n) is 7.59. The van der Waals surface area contributed by atoms with Gasteiger partial charge in [0.25, 0.3) is 0 Å². The maximum absolute atomic E-state index is 12.9. The highest BCUT2D eigenvalue weighted by molar-refractivity contribution is 7.89. The third-order valence-corrected chi connectivity index (χ3v) is 6.42. The average molecular weight is 325 g/mol. The molecule has 0 bridgehead atoms. The monoisotopic (exact) mass is 325 g/mol. The number of benzene rings is 1. The van der Waals surface area contributed by atoms with Crippen LogP contribution in [0.4, 0.5) is 5.69 Å². The highest BCUT2D eigenvalue weighted by Crippen LogP contribution is 2.32. The summed E-state index contributed by atoms with van der Waals surface area (Å²) in [5.74, 6) is 0. The van der Waals surface area contributed by atoms with Gasteiger partial charge in [0.2, 0.25) is 10.0 Å². The van der Waals surface area contributed by atoms with Crippen molar-refractivity contribution in [1.29, 1.82) is 0 Å². The van der Waals surface area contributed by atoms with Gasteiger partial charge in [0.15, 0.2) is 0 Å². The number of nitrogens with zero attached hydrogens (tertiary/aromatic N) is 2. The molecule has 1 fully saturated rings. The Balaban J connectivity index is 2.37. The number of anilines is 1. The molecule has 1 aliphatic rings. The van der Waals surface area contributed by atoms with Crippen LogP contribution in [0.25, 0.3) is 0 Å². The molecule has 124 valence electrons. The van der Waals surface area contributed by atoms with Crippen molar-refractivity contribution in [1.82, 2.24) is 4.31 Å². The van der Waals surface area contributed by atoms with E-state index < -0.39 is 10.0 Å². The first kappa shape index (κ1) is 17.2. The maximum atomic E-state index is 12.9. The number of sulfonamides is 1. The van der Waals surface area contributed by atoms with Crippen LogP contribution in [0.5, 0.6) is 0 Å². The van der Waals surface area contributed by atoms with E-state index in [9.17, 15) is 8.42 Å². The zero-order valence-electron chi connectivity index (χ0n) is 14.1. The van der Waals surface area contributed by atoms with Crippen LogP contribution in [0.1, 0.15) is 25.8 Å². The molecule has 1 atom stereocenters. The van der Waals surface area contributed by atoms with Crippen LogP contribution >= 0.6 is 0 Å². The number of piperidine rings is 1. The normalized spacial score (nSPS) is 22.5. The Morgan fingerprint density at radius 2 is 1.95 bits per heavy atom. The summed E-state index contributed by atoms with van der Waals surface area (Å²) in [5, 5.41) is 0. The van der Waals surface area contributed by atoms with Crippen LogP contribution in [0.15, 0.2) is 23.1 Å². The minimum atomic E-state index is -3.48. The molecular formula is C16H27N3O2S. The van der Waals surface area contributed by atoms with Gasteiger partial charge in [-0.1, -0.05) is 19.9 Å². The molecule has 22 heavy (non-hydrogen) atoms.